The molecular formula is C18H28N2O2. The van der Waals surface area contributed by atoms with E-state index in [1.807, 2.05) is 30.3 Å². The van der Waals surface area contributed by atoms with E-state index in [2.05, 4.69) is 31.4 Å². The van der Waals surface area contributed by atoms with E-state index in [1.54, 1.807) is 0 Å². The summed E-state index contributed by atoms with van der Waals surface area (Å²) in [4.78, 5) is 11.7. The van der Waals surface area contributed by atoms with Gasteiger partial charge in [0.25, 0.3) is 0 Å². The molecule has 1 unspecified atom stereocenters. The van der Waals surface area contributed by atoms with Crippen LogP contribution >= 0.6 is 0 Å². The van der Waals surface area contributed by atoms with Gasteiger partial charge < -0.3 is 15.4 Å². The molecule has 1 aromatic rings. The van der Waals surface area contributed by atoms with Crippen molar-refractivity contribution in [3.8, 4) is 0 Å². The van der Waals surface area contributed by atoms with Gasteiger partial charge in [0.2, 0.25) is 0 Å². The number of carbonyl (C=O) groups excluding carboxylic acids is 1. The first-order chi connectivity index (χ1) is 10.5. The van der Waals surface area contributed by atoms with E-state index in [-0.39, 0.29) is 12.1 Å². The molecule has 1 aliphatic rings. The average molecular weight is 304 g/mol. The lowest BCUT2D eigenvalue weighted by atomic mass is 9.86. The van der Waals surface area contributed by atoms with E-state index >= 15 is 0 Å². The number of hydrogen-bond acceptors (Lipinski definition) is 3. The molecule has 1 atom stereocenters. The average Bonchev–Trinajstić information content (AvgIpc) is 2.47. The van der Waals surface area contributed by atoms with Gasteiger partial charge in [-0.05, 0) is 36.8 Å². The van der Waals surface area contributed by atoms with E-state index in [9.17, 15) is 4.79 Å². The minimum Gasteiger partial charge on any atom is -0.445 e. The molecule has 122 valence electrons. The summed E-state index contributed by atoms with van der Waals surface area (Å²) < 4.78 is 5.23. The molecule has 1 fully saturated rings. The SMILES string of the molecule is CC(C)C(C)CNC1CC(NC(=O)OCc2ccccc2)C1. The first kappa shape index (κ1) is 16.8. The highest BCUT2D eigenvalue weighted by molar-refractivity contribution is 5.67. The van der Waals surface area contributed by atoms with Crippen LogP contribution in [0.25, 0.3) is 0 Å². The number of benzene rings is 1. The van der Waals surface area contributed by atoms with Crippen molar-refractivity contribution in [3.63, 3.8) is 0 Å². The van der Waals surface area contributed by atoms with E-state index < -0.39 is 0 Å². The number of rotatable bonds is 7. The number of ether oxygens (including phenoxy) is 1. The zero-order valence-corrected chi connectivity index (χ0v) is 13.8. The summed E-state index contributed by atoms with van der Waals surface area (Å²) in [5, 5.41) is 6.49. The molecule has 1 saturated carbocycles. The summed E-state index contributed by atoms with van der Waals surface area (Å²) >= 11 is 0. The Balaban J connectivity index is 1.56. The number of nitrogens with one attached hydrogen (secondary N) is 2. The van der Waals surface area contributed by atoms with Crippen molar-refractivity contribution < 1.29 is 9.53 Å². The van der Waals surface area contributed by atoms with Crippen molar-refractivity contribution >= 4 is 6.09 Å². The lowest BCUT2D eigenvalue weighted by molar-refractivity contribution is 0.125. The summed E-state index contributed by atoms with van der Waals surface area (Å²) in [6.45, 7) is 8.15. The lowest BCUT2D eigenvalue weighted by Crippen LogP contribution is -2.53. The fraction of sp³-hybridized carbons (Fsp3) is 0.611. The molecule has 0 radical (unpaired) electrons. The van der Waals surface area contributed by atoms with Crippen molar-refractivity contribution in [3.05, 3.63) is 35.9 Å². The van der Waals surface area contributed by atoms with Crippen LogP contribution in [0, 0.1) is 11.8 Å². The maximum atomic E-state index is 11.7. The van der Waals surface area contributed by atoms with Crippen LogP contribution in [0.3, 0.4) is 0 Å². The fourth-order valence-corrected chi connectivity index (χ4v) is 2.42. The normalized spacial score (nSPS) is 22.0. The zero-order chi connectivity index (χ0) is 15.9. The number of alkyl carbamates (subject to hydrolysis) is 1. The number of amides is 1. The largest absolute Gasteiger partial charge is 0.445 e. The molecule has 0 heterocycles. The second-order valence-corrected chi connectivity index (χ2v) is 6.70. The molecule has 22 heavy (non-hydrogen) atoms. The Morgan fingerprint density at radius 2 is 1.86 bits per heavy atom. The minimum atomic E-state index is -0.317. The monoisotopic (exact) mass is 304 g/mol. The van der Waals surface area contributed by atoms with E-state index in [1.165, 1.54) is 0 Å². The topological polar surface area (TPSA) is 50.4 Å². The highest BCUT2D eigenvalue weighted by Gasteiger charge is 2.30. The Bertz CT molecular complexity index is 455. The van der Waals surface area contributed by atoms with Crippen molar-refractivity contribution in [2.45, 2.75) is 52.3 Å². The van der Waals surface area contributed by atoms with Crippen LogP contribution < -0.4 is 10.6 Å². The minimum absolute atomic E-state index is 0.245. The summed E-state index contributed by atoms with van der Waals surface area (Å²) in [7, 11) is 0. The molecule has 0 saturated heterocycles. The predicted octanol–water partition coefficient (Wildman–Crippen LogP) is 3.33. The standard InChI is InChI=1S/C18H28N2O2/c1-13(2)14(3)11-19-16-9-17(10-16)20-18(21)22-12-15-7-5-4-6-8-15/h4-8,13-14,16-17,19H,9-12H2,1-3H3,(H,20,21). The second-order valence-electron chi connectivity index (χ2n) is 6.70. The zero-order valence-electron chi connectivity index (χ0n) is 13.8. The van der Waals surface area contributed by atoms with Crippen LogP contribution in [0.1, 0.15) is 39.2 Å². The van der Waals surface area contributed by atoms with E-state index in [0.29, 0.717) is 24.5 Å². The molecule has 2 rings (SSSR count). The van der Waals surface area contributed by atoms with E-state index in [0.717, 1.165) is 24.9 Å². The smallest absolute Gasteiger partial charge is 0.407 e. The molecule has 1 aromatic carbocycles. The molecule has 2 N–H and O–H groups in total. The Morgan fingerprint density at radius 3 is 2.50 bits per heavy atom. The third-order valence-electron chi connectivity index (χ3n) is 4.54. The van der Waals surface area contributed by atoms with Crippen molar-refractivity contribution in [1.29, 1.82) is 0 Å². The first-order valence-corrected chi connectivity index (χ1v) is 8.25. The molecule has 1 amide bonds. The fourth-order valence-electron chi connectivity index (χ4n) is 2.42. The third kappa shape index (κ3) is 5.34. The molecule has 1 aliphatic carbocycles. The molecule has 4 heteroatoms. The molecule has 0 spiro atoms. The highest BCUT2D eigenvalue weighted by Crippen LogP contribution is 2.21. The second kappa shape index (κ2) is 8.18. The highest BCUT2D eigenvalue weighted by atomic mass is 16.5. The van der Waals surface area contributed by atoms with Crippen LogP contribution in [-0.2, 0) is 11.3 Å². The quantitative estimate of drug-likeness (QED) is 0.812. The lowest BCUT2D eigenvalue weighted by Gasteiger charge is -2.37. The maximum absolute atomic E-state index is 11.7. The number of hydrogen-bond donors (Lipinski definition) is 2. The van der Waals surface area contributed by atoms with Crippen molar-refractivity contribution in [2.75, 3.05) is 6.54 Å². The van der Waals surface area contributed by atoms with Gasteiger partial charge in [0.15, 0.2) is 0 Å². The van der Waals surface area contributed by atoms with Gasteiger partial charge in [-0.3, -0.25) is 0 Å². The Hall–Kier alpha value is -1.55. The van der Waals surface area contributed by atoms with Crippen LogP contribution in [0.4, 0.5) is 4.79 Å². The van der Waals surface area contributed by atoms with Crippen LogP contribution in [0.15, 0.2) is 30.3 Å². The van der Waals surface area contributed by atoms with E-state index in [4.69, 9.17) is 4.74 Å². The summed E-state index contributed by atoms with van der Waals surface area (Å²) in [5.41, 5.74) is 1.01. The molecular weight excluding hydrogens is 276 g/mol. The van der Waals surface area contributed by atoms with Gasteiger partial charge in [0.05, 0.1) is 0 Å². The molecule has 4 nitrogen and oxygen atoms in total. The maximum Gasteiger partial charge on any atom is 0.407 e. The molecule has 0 aromatic heterocycles. The van der Waals surface area contributed by atoms with Crippen LogP contribution in [-0.4, -0.2) is 24.7 Å². The third-order valence-corrected chi connectivity index (χ3v) is 4.54. The van der Waals surface area contributed by atoms with Gasteiger partial charge in [0.1, 0.15) is 6.61 Å². The Labute approximate surface area is 133 Å². The van der Waals surface area contributed by atoms with Crippen LogP contribution in [0.2, 0.25) is 0 Å². The van der Waals surface area contributed by atoms with Gasteiger partial charge in [-0.25, -0.2) is 4.79 Å². The molecule has 0 aliphatic heterocycles. The van der Waals surface area contributed by atoms with Gasteiger partial charge in [0, 0.05) is 12.1 Å². The Kier molecular flexibility index (Phi) is 6.25. The summed E-state index contributed by atoms with van der Waals surface area (Å²) in [6.07, 6.45) is 1.67. The van der Waals surface area contributed by atoms with Gasteiger partial charge >= 0.3 is 6.09 Å². The Morgan fingerprint density at radius 1 is 1.18 bits per heavy atom. The van der Waals surface area contributed by atoms with Crippen molar-refractivity contribution in [2.24, 2.45) is 11.8 Å². The van der Waals surface area contributed by atoms with Crippen molar-refractivity contribution in [1.82, 2.24) is 10.6 Å². The molecule has 0 bridgehead atoms. The van der Waals surface area contributed by atoms with Gasteiger partial charge in [-0.2, -0.15) is 0 Å². The van der Waals surface area contributed by atoms with Gasteiger partial charge in [-0.1, -0.05) is 51.1 Å². The van der Waals surface area contributed by atoms with Crippen LogP contribution in [0.5, 0.6) is 0 Å². The summed E-state index contributed by atoms with van der Waals surface area (Å²) in [6, 6.07) is 10.5. The number of carbonyl (C=O) groups is 1. The first-order valence-electron chi connectivity index (χ1n) is 8.25. The predicted molar refractivity (Wildman–Crippen MR) is 88.6 cm³/mol. The van der Waals surface area contributed by atoms with Gasteiger partial charge in [-0.15, -0.1) is 0 Å². The summed E-state index contributed by atoms with van der Waals surface area (Å²) in [5.74, 6) is 1.39.